The van der Waals surface area contributed by atoms with Gasteiger partial charge in [-0.1, -0.05) is 6.07 Å². The molecule has 0 heterocycles. The van der Waals surface area contributed by atoms with Crippen molar-refractivity contribution < 1.29 is 18.3 Å². The first-order valence-corrected chi connectivity index (χ1v) is 7.51. The number of hydrogen-bond acceptors (Lipinski definition) is 3. The average molecular weight is 283 g/mol. The highest BCUT2D eigenvalue weighted by Gasteiger charge is 2.36. The summed E-state index contributed by atoms with van der Waals surface area (Å²) < 4.78 is 26.3. The summed E-state index contributed by atoms with van der Waals surface area (Å²) >= 11 is 0. The van der Waals surface area contributed by atoms with E-state index >= 15 is 0 Å². The van der Waals surface area contributed by atoms with Gasteiger partial charge in [-0.15, -0.1) is 0 Å². The second kappa shape index (κ2) is 4.61. The van der Waals surface area contributed by atoms with Crippen molar-refractivity contribution in [2.45, 2.75) is 37.6 Å². The average Bonchev–Trinajstić information content (AvgIpc) is 3.10. The third-order valence-corrected chi connectivity index (χ3v) is 5.52. The fourth-order valence-electron chi connectivity index (χ4n) is 2.13. The van der Waals surface area contributed by atoms with Crippen molar-refractivity contribution in [3.63, 3.8) is 0 Å². The lowest BCUT2D eigenvalue weighted by Gasteiger charge is -2.18. The van der Waals surface area contributed by atoms with E-state index in [9.17, 15) is 13.2 Å². The maximum absolute atomic E-state index is 12.5. The number of aromatic carboxylic acids is 1. The molecule has 0 aliphatic heterocycles. The lowest BCUT2D eigenvalue weighted by molar-refractivity contribution is 0.0696. The molecule has 1 N–H and O–H groups in total. The van der Waals surface area contributed by atoms with E-state index in [1.807, 2.05) is 0 Å². The highest BCUT2D eigenvalue weighted by molar-refractivity contribution is 7.89. The molecule has 104 valence electrons. The van der Waals surface area contributed by atoms with E-state index in [4.69, 9.17) is 5.11 Å². The highest BCUT2D eigenvalue weighted by atomic mass is 32.2. The molecular formula is C13H17NO4S. The van der Waals surface area contributed by atoms with Gasteiger partial charge < -0.3 is 5.11 Å². The topological polar surface area (TPSA) is 74.7 Å². The summed E-state index contributed by atoms with van der Waals surface area (Å²) in [4.78, 5) is 11.2. The summed E-state index contributed by atoms with van der Waals surface area (Å²) in [6, 6.07) is 2.93. The second-order valence-corrected chi connectivity index (χ2v) is 6.96. The molecule has 0 amide bonds. The van der Waals surface area contributed by atoms with Crippen LogP contribution < -0.4 is 0 Å². The number of aryl methyl sites for hydroxylation is 2. The molecule has 2 rings (SSSR count). The van der Waals surface area contributed by atoms with Crippen LogP contribution in [0, 0.1) is 13.8 Å². The Kier molecular flexibility index (Phi) is 3.40. The number of nitrogens with zero attached hydrogens (tertiary/aromatic N) is 1. The zero-order chi connectivity index (χ0) is 14.4. The number of carbonyl (C=O) groups is 1. The Balaban J connectivity index is 2.55. The van der Waals surface area contributed by atoms with Crippen molar-refractivity contribution in [2.24, 2.45) is 0 Å². The fraction of sp³-hybridized carbons (Fsp3) is 0.462. The molecule has 0 atom stereocenters. The van der Waals surface area contributed by atoms with Gasteiger partial charge in [-0.2, -0.15) is 4.31 Å². The molecule has 1 saturated carbocycles. The Labute approximate surface area is 112 Å². The number of rotatable bonds is 4. The minimum absolute atomic E-state index is 0.0355. The Bertz CT molecular complexity index is 632. The van der Waals surface area contributed by atoms with Crippen LogP contribution in [-0.4, -0.2) is 36.9 Å². The van der Waals surface area contributed by atoms with Gasteiger partial charge in [0.2, 0.25) is 10.0 Å². The molecule has 1 aliphatic rings. The maximum Gasteiger partial charge on any atom is 0.335 e. The summed E-state index contributed by atoms with van der Waals surface area (Å²) in [5.41, 5.74) is 1.18. The molecule has 0 bridgehead atoms. The highest BCUT2D eigenvalue weighted by Crippen LogP contribution is 2.32. The molecule has 5 nitrogen and oxygen atoms in total. The summed E-state index contributed by atoms with van der Waals surface area (Å²) in [6.07, 6.45) is 1.73. The molecule has 1 aliphatic carbocycles. The van der Waals surface area contributed by atoms with Crippen LogP contribution in [0.1, 0.15) is 34.3 Å². The molecule has 0 aromatic heterocycles. The molecule has 0 saturated heterocycles. The van der Waals surface area contributed by atoms with Gasteiger partial charge in [-0.3, -0.25) is 0 Å². The van der Waals surface area contributed by atoms with Crippen LogP contribution in [0.2, 0.25) is 0 Å². The Morgan fingerprint density at radius 2 is 1.84 bits per heavy atom. The quantitative estimate of drug-likeness (QED) is 0.914. The van der Waals surface area contributed by atoms with E-state index in [-0.39, 0.29) is 16.5 Å². The van der Waals surface area contributed by atoms with E-state index < -0.39 is 16.0 Å². The fourth-order valence-corrected chi connectivity index (χ4v) is 3.78. The molecule has 1 aromatic carbocycles. The number of sulfonamides is 1. The van der Waals surface area contributed by atoms with Gasteiger partial charge >= 0.3 is 5.97 Å². The zero-order valence-corrected chi connectivity index (χ0v) is 12.0. The largest absolute Gasteiger partial charge is 0.478 e. The SMILES string of the molecule is Cc1cc(C)c(S(=O)(=O)N(C)C2CC2)cc1C(=O)O. The van der Waals surface area contributed by atoms with Crippen LogP contribution >= 0.6 is 0 Å². The molecular weight excluding hydrogens is 266 g/mol. The van der Waals surface area contributed by atoms with Gasteiger partial charge in [0.15, 0.2) is 0 Å². The standard InChI is InChI=1S/C13H17NO4S/c1-8-6-9(2)12(7-11(8)13(15)16)19(17,18)14(3)10-4-5-10/h6-7,10H,4-5H2,1-3H3,(H,15,16). The number of carboxylic acid groups (broad SMARTS) is 1. The van der Waals surface area contributed by atoms with Crippen LogP contribution in [0.25, 0.3) is 0 Å². The number of benzene rings is 1. The molecule has 6 heteroatoms. The lowest BCUT2D eigenvalue weighted by atomic mass is 10.1. The molecule has 19 heavy (non-hydrogen) atoms. The first kappa shape index (κ1) is 14.0. The van der Waals surface area contributed by atoms with E-state index in [1.54, 1.807) is 27.0 Å². The van der Waals surface area contributed by atoms with Gasteiger partial charge in [0.1, 0.15) is 0 Å². The Morgan fingerprint density at radius 3 is 2.32 bits per heavy atom. The summed E-state index contributed by atoms with van der Waals surface area (Å²) in [6.45, 7) is 3.35. The molecule has 0 spiro atoms. The van der Waals surface area contributed by atoms with Gasteiger partial charge in [-0.05, 0) is 43.9 Å². The molecule has 1 fully saturated rings. The van der Waals surface area contributed by atoms with Crippen LogP contribution in [-0.2, 0) is 10.0 Å². The second-order valence-electron chi connectivity index (χ2n) is 4.99. The molecule has 0 unspecified atom stereocenters. The van der Waals surface area contributed by atoms with Gasteiger partial charge in [0.25, 0.3) is 0 Å². The Hall–Kier alpha value is -1.40. The maximum atomic E-state index is 12.5. The predicted octanol–water partition coefficient (Wildman–Crippen LogP) is 1.78. The summed E-state index contributed by atoms with van der Waals surface area (Å²) in [7, 11) is -2.06. The zero-order valence-electron chi connectivity index (χ0n) is 11.2. The van der Waals surface area contributed by atoms with E-state index in [2.05, 4.69) is 0 Å². The monoisotopic (exact) mass is 283 g/mol. The van der Waals surface area contributed by atoms with E-state index in [0.717, 1.165) is 12.8 Å². The van der Waals surface area contributed by atoms with Crippen LogP contribution in [0.5, 0.6) is 0 Å². The minimum Gasteiger partial charge on any atom is -0.478 e. The number of carboxylic acids is 1. The van der Waals surface area contributed by atoms with Gasteiger partial charge in [0.05, 0.1) is 10.5 Å². The minimum atomic E-state index is -3.61. The van der Waals surface area contributed by atoms with E-state index in [1.165, 1.54) is 10.4 Å². The van der Waals surface area contributed by atoms with Crippen molar-refractivity contribution in [3.8, 4) is 0 Å². The Morgan fingerprint density at radius 1 is 1.26 bits per heavy atom. The third kappa shape index (κ3) is 2.50. The summed E-state index contributed by atoms with van der Waals surface area (Å²) in [5.74, 6) is -1.11. The van der Waals surface area contributed by atoms with Gasteiger partial charge in [0, 0.05) is 13.1 Å². The smallest absolute Gasteiger partial charge is 0.335 e. The first-order valence-electron chi connectivity index (χ1n) is 6.07. The summed E-state index contributed by atoms with van der Waals surface area (Å²) in [5, 5.41) is 9.10. The van der Waals surface area contributed by atoms with Crippen molar-refractivity contribution in [3.05, 3.63) is 28.8 Å². The predicted molar refractivity (Wildman–Crippen MR) is 70.8 cm³/mol. The third-order valence-electron chi connectivity index (χ3n) is 3.47. The van der Waals surface area contributed by atoms with Gasteiger partial charge in [-0.25, -0.2) is 13.2 Å². The number of hydrogen-bond donors (Lipinski definition) is 1. The van der Waals surface area contributed by atoms with Crippen LogP contribution in [0.15, 0.2) is 17.0 Å². The lowest BCUT2D eigenvalue weighted by Crippen LogP contribution is -2.29. The van der Waals surface area contributed by atoms with Crippen LogP contribution in [0.4, 0.5) is 0 Å². The first-order chi connectivity index (χ1) is 8.75. The van der Waals surface area contributed by atoms with E-state index in [0.29, 0.717) is 11.1 Å². The van der Waals surface area contributed by atoms with Crippen LogP contribution in [0.3, 0.4) is 0 Å². The van der Waals surface area contributed by atoms with Crippen molar-refractivity contribution in [2.75, 3.05) is 7.05 Å². The van der Waals surface area contributed by atoms with Crippen molar-refractivity contribution >= 4 is 16.0 Å². The van der Waals surface area contributed by atoms with Crippen molar-refractivity contribution in [1.29, 1.82) is 0 Å². The molecule has 0 radical (unpaired) electrons. The normalized spacial score (nSPS) is 15.8. The molecule has 1 aromatic rings. The van der Waals surface area contributed by atoms with Crippen molar-refractivity contribution in [1.82, 2.24) is 4.31 Å².